The van der Waals surface area contributed by atoms with Crippen LogP contribution in [0.5, 0.6) is 0 Å². The maximum Gasteiger partial charge on any atom is 0.253 e. The van der Waals surface area contributed by atoms with Crippen molar-refractivity contribution in [2.24, 2.45) is 5.92 Å². The minimum atomic E-state index is -0.948. The molecule has 194 valence electrons. The van der Waals surface area contributed by atoms with Gasteiger partial charge in [-0.3, -0.25) is 19.3 Å². The Kier molecular flexibility index (Phi) is 5.94. The van der Waals surface area contributed by atoms with Crippen LogP contribution in [0.3, 0.4) is 0 Å². The third kappa shape index (κ3) is 3.64. The average molecular weight is 502 g/mol. The first-order chi connectivity index (χ1) is 17.9. The van der Waals surface area contributed by atoms with Crippen LogP contribution in [0.4, 0.5) is 11.4 Å². The Labute approximate surface area is 218 Å². The minimum Gasteiger partial charge on any atom is -0.378 e. The third-order valence-corrected chi connectivity index (χ3v) is 8.73. The number of fused-ring (bicyclic) bond motifs is 4. The van der Waals surface area contributed by atoms with E-state index < -0.39 is 11.5 Å². The van der Waals surface area contributed by atoms with Gasteiger partial charge in [-0.25, -0.2) is 0 Å². The number of carbonyl (C=O) groups excluding carboxylic acids is 3. The molecule has 0 unspecified atom stereocenters. The number of hydrogen-bond acceptors (Lipinski definition) is 5. The van der Waals surface area contributed by atoms with E-state index in [2.05, 4.69) is 10.2 Å². The molecule has 4 aliphatic heterocycles. The molecular weight excluding hydrogens is 466 g/mol. The summed E-state index contributed by atoms with van der Waals surface area (Å²) in [5.74, 6) is -0.514. The molecule has 0 saturated carbocycles. The van der Waals surface area contributed by atoms with Crippen molar-refractivity contribution in [3.8, 4) is 0 Å². The van der Waals surface area contributed by atoms with E-state index in [1.54, 1.807) is 0 Å². The highest BCUT2D eigenvalue weighted by Crippen LogP contribution is 2.57. The molecule has 0 radical (unpaired) electrons. The number of anilines is 2. The molecule has 8 nitrogen and oxygen atoms in total. The lowest BCUT2D eigenvalue weighted by molar-refractivity contribution is -0.139. The first-order valence-electron chi connectivity index (χ1n) is 13.5. The second-order valence-corrected chi connectivity index (χ2v) is 10.9. The number of rotatable bonds is 2. The Hall–Kier alpha value is -3.39. The Bertz CT molecular complexity index is 1250. The van der Waals surface area contributed by atoms with Crippen molar-refractivity contribution >= 4 is 29.1 Å². The molecular formula is C29H35N5O3. The van der Waals surface area contributed by atoms with Gasteiger partial charge in [0.1, 0.15) is 5.54 Å². The van der Waals surface area contributed by atoms with Crippen LogP contribution in [0.25, 0.3) is 0 Å². The summed E-state index contributed by atoms with van der Waals surface area (Å²) in [5, 5.41) is 3.13. The van der Waals surface area contributed by atoms with Gasteiger partial charge in [0.05, 0.1) is 5.92 Å². The number of hydrogen-bond donors (Lipinski definition) is 1. The van der Waals surface area contributed by atoms with Crippen molar-refractivity contribution in [3.63, 3.8) is 0 Å². The quantitative estimate of drug-likeness (QED) is 0.684. The van der Waals surface area contributed by atoms with Gasteiger partial charge in [0.2, 0.25) is 5.91 Å². The van der Waals surface area contributed by atoms with Gasteiger partial charge in [0, 0.05) is 68.8 Å². The molecule has 3 saturated heterocycles. The number of carbonyl (C=O) groups is 3. The van der Waals surface area contributed by atoms with Crippen molar-refractivity contribution in [1.29, 1.82) is 0 Å². The fourth-order valence-electron chi connectivity index (χ4n) is 7.02. The molecule has 4 aliphatic rings. The molecule has 37 heavy (non-hydrogen) atoms. The van der Waals surface area contributed by atoms with Gasteiger partial charge in [-0.1, -0.05) is 24.3 Å². The number of nitrogens with one attached hydrogen (secondary N) is 1. The Morgan fingerprint density at radius 3 is 2.68 bits per heavy atom. The van der Waals surface area contributed by atoms with E-state index in [4.69, 9.17) is 0 Å². The molecule has 3 fully saturated rings. The van der Waals surface area contributed by atoms with Crippen LogP contribution in [0.15, 0.2) is 48.5 Å². The standard InChI is InChI=1S/C29H35N5O3/c1-31(2)21-9-5-8-20(18-21)27(36)32-14-7-13-30-26(35)24-19-22-10-6-15-34(22)29(24)23-11-3-4-12-25(23)33(17-16-32)28(29)37/h3-5,8-9,11-12,18,22,24H,6-7,10,13-17,19H2,1-2H3,(H,30,35)/t22-,24-,29+/m0/s1. The van der Waals surface area contributed by atoms with E-state index in [0.29, 0.717) is 44.6 Å². The van der Waals surface area contributed by atoms with Crippen LogP contribution in [0, 0.1) is 5.92 Å². The predicted octanol–water partition coefficient (Wildman–Crippen LogP) is 2.44. The van der Waals surface area contributed by atoms with Crippen molar-refractivity contribution in [3.05, 3.63) is 59.7 Å². The predicted molar refractivity (Wildman–Crippen MR) is 143 cm³/mol. The summed E-state index contributed by atoms with van der Waals surface area (Å²) in [6, 6.07) is 15.8. The summed E-state index contributed by atoms with van der Waals surface area (Å²) in [5.41, 5.74) is 2.46. The van der Waals surface area contributed by atoms with Crippen molar-refractivity contribution in [2.75, 3.05) is 56.6 Å². The summed E-state index contributed by atoms with van der Waals surface area (Å²) >= 11 is 0. The fourth-order valence-corrected chi connectivity index (χ4v) is 7.02. The van der Waals surface area contributed by atoms with Crippen molar-refractivity contribution in [1.82, 2.24) is 15.1 Å². The summed E-state index contributed by atoms with van der Waals surface area (Å²) in [7, 11) is 3.91. The summed E-state index contributed by atoms with van der Waals surface area (Å²) in [6.07, 6.45) is 3.45. The molecule has 2 aromatic carbocycles. The zero-order valence-electron chi connectivity index (χ0n) is 21.7. The largest absolute Gasteiger partial charge is 0.378 e. The number of benzene rings is 2. The first kappa shape index (κ1) is 24.0. The minimum absolute atomic E-state index is 0.0131. The summed E-state index contributed by atoms with van der Waals surface area (Å²) in [4.78, 5) is 49.7. The van der Waals surface area contributed by atoms with Crippen LogP contribution in [0.1, 0.15) is 41.6 Å². The Morgan fingerprint density at radius 2 is 1.84 bits per heavy atom. The molecule has 4 heterocycles. The molecule has 1 N–H and O–H groups in total. The SMILES string of the molecule is CN(C)c1cccc(C(=O)N2CCCNC(=O)[C@@H]3C[C@@H]4CCCN4[C@@]34C(=O)N(CC2)c2ccccc24)c1. The average Bonchev–Trinajstić information content (AvgIpc) is 3.56. The number of para-hydroxylation sites is 1. The molecule has 0 aromatic heterocycles. The zero-order chi connectivity index (χ0) is 25.7. The van der Waals surface area contributed by atoms with E-state index in [0.717, 1.165) is 36.3 Å². The van der Waals surface area contributed by atoms with Crippen LogP contribution < -0.4 is 15.1 Å². The number of amides is 3. The zero-order valence-corrected chi connectivity index (χ0v) is 21.7. The van der Waals surface area contributed by atoms with E-state index >= 15 is 0 Å². The van der Waals surface area contributed by atoms with Gasteiger partial charge in [0.25, 0.3) is 11.8 Å². The van der Waals surface area contributed by atoms with Gasteiger partial charge in [0.15, 0.2) is 0 Å². The van der Waals surface area contributed by atoms with Gasteiger partial charge in [-0.05, 0) is 56.5 Å². The maximum absolute atomic E-state index is 14.4. The van der Waals surface area contributed by atoms with E-state index in [-0.39, 0.29) is 23.8 Å². The lowest BCUT2D eigenvalue weighted by Crippen LogP contribution is -2.57. The first-order valence-corrected chi connectivity index (χ1v) is 13.5. The smallest absolute Gasteiger partial charge is 0.253 e. The second kappa shape index (κ2) is 9.17. The topological polar surface area (TPSA) is 76.2 Å². The summed E-state index contributed by atoms with van der Waals surface area (Å²) in [6.45, 7) is 2.67. The molecule has 2 aromatic rings. The van der Waals surface area contributed by atoms with Gasteiger partial charge in [-0.15, -0.1) is 0 Å². The highest BCUT2D eigenvalue weighted by Gasteiger charge is 2.67. The number of nitrogens with zero attached hydrogens (tertiary/aromatic N) is 4. The maximum atomic E-state index is 14.4. The molecule has 8 heteroatoms. The highest BCUT2D eigenvalue weighted by atomic mass is 16.2. The van der Waals surface area contributed by atoms with E-state index in [9.17, 15) is 14.4 Å². The van der Waals surface area contributed by atoms with E-state index in [1.165, 1.54) is 0 Å². The molecule has 0 aliphatic carbocycles. The van der Waals surface area contributed by atoms with Gasteiger partial charge < -0.3 is 20.0 Å². The fraction of sp³-hybridized carbons (Fsp3) is 0.483. The Balaban J connectivity index is 1.37. The molecule has 3 atom stereocenters. The van der Waals surface area contributed by atoms with Gasteiger partial charge >= 0.3 is 0 Å². The van der Waals surface area contributed by atoms with E-state index in [1.807, 2.05) is 77.3 Å². The summed E-state index contributed by atoms with van der Waals surface area (Å²) < 4.78 is 0. The third-order valence-electron chi connectivity index (χ3n) is 8.73. The molecule has 1 spiro atoms. The van der Waals surface area contributed by atoms with Crippen molar-refractivity contribution in [2.45, 2.75) is 37.3 Å². The van der Waals surface area contributed by atoms with Crippen LogP contribution >= 0.6 is 0 Å². The van der Waals surface area contributed by atoms with Crippen LogP contribution in [-0.4, -0.2) is 80.4 Å². The Morgan fingerprint density at radius 1 is 1.00 bits per heavy atom. The molecule has 6 rings (SSSR count). The lowest BCUT2D eigenvalue weighted by Gasteiger charge is -2.38. The van der Waals surface area contributed by atoms with Crippen molar-refractivity contribution < 1.29 is 14.4 Å². The highest BCUT2D eigenvalue weighted by molar-refractivity contribution is 6.11. The van der Waals surface area contributed by atoms with Gasteiger partial charge in [-0.2, -0.15) is 0 Å². The van der Waals surface area contributed by atoms with Crippen LogP contribution in [-0.2, 0) is 15.1 Å². The molecule has 2 bridgehead atoms. The lowest BCUT2D eigenvalue weighted by atomic mass is 9.78. The molecule has 3 amide bonds. The normalized spacial score (nSPS) is 27.6. The second-order valence-electron chi connectivity index (χ2n) is 10.9. The monoisotopic (exact) mass is 501 g/mol. The van der Waals surface area contributed by atoms with Crippen LogP contribution in [0.2, 0.25) is 0 Å².